The maximum absolute atomic E-state index is 12.3. The van der Waals surface area contributed by atoms with Gasteiger partial charge in [0.1, 0.15) is 0 Å². The van der Waals surface area contributed by atoms with Crippen LogP contribution in [0.25, 0.3) is 0 Å². The first kappa shape index (κ1) is 16.7. The lowest BCUT2D eigenvalue weighted by Gasteiger charge is -2.29. The topological polar surface area (TPSA) is 73.9 Å². The summed E-state index contributed by atoms with van der Waals surface area (Å²) in [5.41, 5.74) is 1.41. The number of nitrogens with zero attached hydrogens (tertiary/aromatic N) is 2. The van der Waals surface area contributed by atoms with Gasteiger partial charge in [-0.25, -0.2) is 4.79 Å². The molecule has 0 bridgehead atoms. The summed E-state index contributed by atoms with van der Waals surface area (Å²) in [6.45, 7) is 7.47. The Morgan fingerprint density at radius 2 is 1.96 bits per heavy atom. The molecule has 2 fully saturated rings. The first-order chi connectivity index (χ1) is 11.6. The summed E-state index contributed by atoms with van der Waals surface area (Å²) >= 11 is 0. The molecule has 2 aliphatic heterocycles. The quantitative estimate of drug-likeness (QED) is 0.831. The van der Waals surface area contributed by atoms with Crippen molar-refractivity contribution in [1.29, 1.82) is 0 Å². The van der Waals surface area contributed by atoms with E-state index in [0.29, 0.717) is 18.7 Å². The number of benzene rings is 1. The lowest BCUT2D eigenvalue weighted by atomic mass is 10.1. The normalized spacial score (nSPS) is 19.9. The summed E-state index contributed by atoms with van der Waals surface area (Å²) in [5.74, 6) is -0.0896. The largest absolute Gasteiger partial charge is 0.379 e. The standard InChI is InChI=1S/C17H24N4O3/c1-13(12-20-8-10-24-11-9-20)19-16(22)14-2-4-15(5-3-14)21-7-6-18-17(21)23/h2-5,13H,6-12H2,1H3,(H,18,23)(H,19,22)/t13-/m1/s1. The number of hydrogen-bond donors (Lipinski definition) is 2. The summed E-state index contributed by atoms with van der Waals surface area (Å²) in [5, 5.41) is 5.79. The average molecular weight is 332 g/mol. The molecule has 2 heterocycles. The Labute approximate surface area is 141 Å². The molecule has 3 rings (SSSR count). The van der Waals surface area contributed by atoms with Gasteiger partial charge < -0.3 is 15.4 Å². The van der Waals surface area contributed by atoms with Gasteiger partial charge in [-0.1, -0.05) is 0 Å². The SMILES string of the molecule is C[C@H](CN1CCOCC1)NC(=O)c1ccc(N2CCNC2=O)cc1. The van der Waals surface area contributed by atoms with E-state index in [0.717, 1.165) is 38.5 Å². The molecule has 2 saturated heterocycles. The zero-order chi connectivity index (χ0) is 16.9. The second-order valence-corrected chi connectivity index (χ2v) is 6.22. The smallest absolute Gasteiger partial charge is 0.321 e. The summed E-state index contributed by atoms with van der Waals surface area (Å²) in [4.78, 5) is 28.0. The van der Waals surface area contributed by atoms with Gasteiger partial charge >= 0.3 is 6.03 Å². The maximum Gasteiger partial charge on any atom is 0.321 e. The van der Waals surface area contributed by atoms with E-state index in [1.165, 1.54) is 0 Å². The average Bonchev–Trinajstić information content (AvgIpc) is 3.02. The fourth-order valence-electron chi connectivity index (χ4n) is 3.03. The van der Waals surface area contributed by atoms with E-state index in [1.807, 2.05) is 19.1 Å². The molecule has 7 heteroatoms. The second-order valence-electron chi connectivity index (χ2n) is 6.22. The molecule has 1 aromatic carbocycles. The molecule has 2 aliphatic rings. The van der Waals surface area contributed by atoms with Crippen LogP contribution in [-0.2, 0) is 4.74 Å². The highest BCUT2D eigenvalue weighted by molar-refractivity contribution is 5.97. The van der Waals surface area contributed by atoms with Gasteiger partial charge in [0.2, 0.25) is 0 Å². The van der Waals surface area contributed by atoms with Crippen LogP contribution in [0.15, 0.2) is 24.3 Å². The third kappa shape index (κ3) is 4.04. The minimum atomic E-state index is -0.0914. The van der Waals surface area contributed by atoms with Crippen molar-refractivity contribution in [3.8, 4) is 0 Å². The summed E-state index contributed by atoms with van der Waals surface area (Å²) < 4.78 is 5.33. The van der Waals surface area contributed by atoms with Crippen LogP contribution in [0.4, 0.5) is 10.5 Å². The van der Waals surface area contributed by atoms with Crippen molar-refractivity contribution in [1.82, 2.24) is 15.5 Å². The van der Waals surface area contributed by atoms with E-state index in [9.17, 15) is 9.59 Å². The Kier molecular flexibility index (Phi) is 5.32. The van der Waals surface area contributed by atoms with Gasteiger partial charge in [-0.2, -0.15) is 0 Å². The summed E-state index contributed by atoms with van der Waals surface area (Å²) in [7, 11) is 0. The van der Waals surface area contributed by atoms with E-state index in [-0.39, 0.29) is 18.0 Å². The van der Waals surface area contributed by atoms with Crippen molar-refractivity contribution in [2.24, 2.45) is 0 Å². The minimum Gasteiger partial charge on any atom is -0.379 e. The van der Waals surface area contributed by atoms with Gasteiger partial charge in [0.25, 0.3) is 5.91 Å². The van der Waals surface area contributed by atoms with Crippen LogP contribution >= 0.6 is 0 Å². The molecule has 1 atom stereocenters. The molecule has 0 saturated carbocycles. The molecule has 0 radical (unpaired) electrons. The number of ether oxygens (including phenoxy) is 1. The predicted octanol–water partition coefficient (Wildman–Crippen LogP) is 0.667. The van der Waals surface area contributed by atoms with Crippen molar-refractivity contribution in [2.45, 2.75) is 13.0 Å². The zero-order valence-corrected chi connectivity index (χ0v) is 14.0. The Balaban J connectivity index is 1.53. The van der Waals surface area contributed by atoms with Crippen LogP contribution in [0.2, 0.25) is 0 Å². The third-order valence-corrected chi connectivity index (χ3v) is 4.31. The Morgan fingerprint density at radius 3 is 2.58 bits per heavy atom. The Hall–Kier alpha value is -2.12. The predicted molar refractivity (Wildman–Crippen MR) is 91.4 cm³/mol. The Bertz CT molecular complexity index is 584. The lowest BCUT2D eigenvalue weighted by Crippen LogP contribution is -2.46. The second kappa shape index (κ2) is 7.63. The fraction of sp³-hybridized carbons (Fsp3) is 0.529. The fourth-order valence-corrected chi connectivity index (χ4v) is 3.03. The molecule has 0 spiro atoms. The number of hydrogen-bond acceptors (Lipinski definition) is 4. The molecule has 1 aromatic rings. The zero-order valence-electron chi connectivity index (χ0n) is 14.0. The minimum absolute atomic E-state index is 0.0691. The van der Waals surface area contributed by atoms with Gasteiger partial charge in [0.05, 0.1) is 13.2 Å². The van der Waals surface area contributed by atoms with E-state index < -0.39 is 0 Å². The van der Waals surface area contributed by atoms with Crippen molar-refractivity contribution in [2.75, 3.05) is 50.8 Å². The van der Waals surface area contributed by atoms with Gasteiger partial charge in [-0.3, -0.25) is 14.6 Å². The van der Waals surface area contributed by atoms with Crippen LogP contribution in [0, 0.1) is 0 Å². The number of nitrogens with one attached hydrogen (secondary N) is 2. The van der Waals surface area contributed by atoms with Crippen LogP contribution in [0.3, 0.4) is 0 Å². The highest BCUT2D eigenvalue weighted by Gasteiger charge is 2.21. The molecule has 2 N–H and O–H groups in total. The van der Waals surface area contributed by atoms with Crippen molar-refractivity contribution >= 4 is 17.6 Å². The van der Waals surface area contributed by atoms with Crippen molar-refractivity contribution in [3.05, 3.63) is 29.8 Å². The number of urea groups is 1. The van der Waals surface area contributed by atoms with Gasteiger partial charge in [0, 0.05) is 50.0 Å². The molecule has 7 nitrogen and oxygen atoms in total. The molecule has 130 valence electrons. The Morgan fingerprint density at radius 1 is 1.25 bits per heavy atom. The molecule has 0 aromatic heterocycles. The van der Waals surface area contributed by atoms with E-state index in [4.69, 9.17) is 4.74 Å². The van der Waals surface area contributed by atoms with Gasteiger partial charge in [-0.15, -0.1) is 0 Å². The number of morpholine rings is 1. The van der Waals surface area contributed by atoms with E-state index >= 15 is 0 Å². The highest BCUT2D eigenvalue weighted by Crippen LogP contribution is 2.17. The number of anilines is 1. The van der Waals surface area contributed by atoms with Crippen LogP contribution in [0.5, 0.6) is 0 Å². The number of amides is 3. The van der Waals surface area contributed by atoms with Gasteiger partial charge in [-0.05, 0) is 31.2 Å². The molecular formula is C17H24N4O3. The highest BCUT2D eigenvalue weighted by atomic mass is 16.5. The monoisotopic (exact) mass is 332 g/mol. The molecule has 24 heavy (non-hydrogen) atoms. The van der Waals surface area contributed by atoms with Gasteiger partial charge in [0.15, 0.2) is 0 Å². The summed E-state index contributed by atoms with van der Waals surface area (Å²) in [6.07, 6.45) is 0. The van der Waals surface area contributed by atoms with Crippen molar-refractivity contribution in [3.63, 3.8) is 0 Å². The molecule has 3 amide bonds. The molecule has 0 unspecified atom stereocenters. The first-order valence-corrected chi connectivity index (χ1v) is 8.40. The number of carbonyl (C=O) groups is 2. The van der Waals surface area contributed by atoms with Crippen molar-refractivity contribution < 1.29 is 14.3 Å². The molecule has 0 aliphatic carbocycles. The lowest BCUT2D eigenvalue weighted by molar-refractivity contribution is 0.0342. The van der Waals surface area contributed by atoms with E-state index in [1.54, 1.807) is 17.0 Å². The third-order valence-electron chi connectivity index (χ3n) is 4.31. The maximum atomic E-state index is 12.3. The number of rotatable bonds is 5. The summed E-state index contributed by atoms with van der Waals surface area (Å²) in [6, 6.07) is 7.12. The van der Waals surface area contributed by atoms with E-state index in [2.05, 4.69) is 15.5 Å². The van der Waals surface area contributed by atoms with Crippen LogP contribution in [-0.4, -0.2) is 68.8 Å². The first-order valence-electron chi connectivity index (χ1n) is 8.40. The van der Waals surface area contributed by atoms with Crippen LogP contribution in [0.1, 0.15) is 17.3 Å². The number of carbonyl (C=O) groups excluding carboxylic acids is 2. The molecular weight excluding hydrogens is 308 g/mol. The van der Waals surface area contributed by atoms with Crippen LogP contribution < -0.4 is 15.5 Å².